The van der Waals surface area contributed by atoms with Gasteiger partial charge in [0.1, 0.15) is 29.4 Å². The Morgan fingerprint density at radius 2 is 1.90 bits per heavy atom. The molecule has 0 radical (unpaired) electrons. The molecule has 0 unspecified atom stereocenters. The average Bonchev–Trinajstić information content (AvgIpc) is 2.45. The van der Waals surface area contributed by atoms with Crippen molar-refractivity contribution in [1.29, 1.82) is 0 Å². The molecule has 0 fully saturated rings. The zero-order valence-electron chi connectivity index (χ0n) is 11.8. The van der Waals surface area contributed by atoms with Crippen LogP contribution in [0.15, 0.2) is 36.4 Å². The van der Waals surface area contributed by atoms with E-state index in [1.54, 1.807) is 13.2 Å². The van der Waals surface area contributed by atoms with E-state index in [9.17, 15) is 15.0 Å². The lowest BCUT2D eigenvalue weighted by Gasteiger charge is -2.11. The van der Waals surface area contributed by atoms with E-state index in [4.69, 9.17) is 9.47 Å². The number of ether oxygens (including phenoxy) is 2. The van der Waals surface area contributed by atoms with Gasteiger partial charge in [0.25, 0.3) is 0 Å². The number of phenolic OH excluding ortho intramolecular Hbond substituents is 2. The predicted octanol–water partition coefficient (Wildman–Crippen LogP) is 2.77. The number of aryl methyl sites for hydroxylation is 1. The van der Waals surface area contributed by atoms with Crippen LogP contribution in [-0.4, -0.2) is 23.3 Å². The van der Waals surface area contributed by atoms with Crippen molar-refractivity contribution in [1.82, 2.24) is 0 Å². The summed E-state index contributed by atoms with van der Waals surface area (Å²) in [5.74, 6) is -0.486. The maximum atomic E-state index is 11.9. The van der Waals surface area contributed by atoms with Gasteiger partial charge in [-0.25, -0.2) is 4.79 Å². The van der Waals surface area contributed by atoms with Gasteiger partial charge in [0.2, 0.25) is 0 Å². The lowest BCUT2D eigenvalue weighted by Crippen LogP contribution is -2.06. The highest BCUT2D eigenvalue weighted by atomic mass is 16.5. The first kappa shape index (κ1) is 14.7. The molecule has 2 aromatic carbocycles. The smallest absolute Gasteiger partial charge is 0.342 e. The Bertz CT molecular complexity index is 664. The van der Waals surface area contributed by atoms with Gasteiger partial charge in [0.05, 0.1) is 7.11 Å². The van der Waals surface area contributed by atoms with Crippen LogP contribution in [0.2, 0.25) is 0 Å². The van der Waals surface area contributed by atoms with E-state index >= 15 is 0 Å². The van der Waals surface area contributed by atoms with Crippen LogP contribution in [0.1, 0.15) is 21.5 Å². The van der Waals surface area contributed by atoms with Crippen molar-refractivity contribution in [2.24, 2.45) is 0 Å². The summed E-state index contributed by atoms with van der Waals surface area (Å²) in [6, 6.07) is 9.27. The molecular formula is C16H16O5. The number of carbonyl (C=O) groups excluding carboxylic acids is 1. The first-order chi connectivity index (χ1) is 10.0. The highest BCUT2D eigenvalue weighted by molar-refractivity contribution is 5.92. The third kappa shape index (κ3) is 3.45. The Labute approximate surface area is 122 Å². The van der Waals surface area contributed by atoms with Gasteiger partial charge in [-0.3, -0.25) is 0 Å². The van der Waals surface area contributed by atoms with Crippen molar-refractivity contribution in [2.45, 2.75) is 13.5 Å². The lowest BCUT2D eigenvalue weighted by molar-refractivity contribution is 0.0467. The predicted molar refractivity (Wildman–Crippen MR) is 76.6 cm³/mol. The third-order valence-electron chi connectivity index (χ3n) is 3.00. The largest absolute Gasteiger partial charge is 0.508 e. The molecule has 2 rings (SSSR count). The minimum absolute atomic E-state index is 0.000537. The number of aromatic hydroxyl groups is 2. The number of esters is 1. The van der Waals surface area contributed by atoms with Gasteiger partial charge in [0, 0.05) is 11.6 Å². The number of benzene rings is 2. The van der Waals surface area contributed by atoms with Gasteiger partial charge in [0.15, 0.2) is 0 Å². The van der Waals surface area contributed by atoms with E-state index in [0.29, 0.717) is 5.75 Å². The number of hydrogen-bond acceptors (Lipinski definition) is 5. The summed E-state index contributed by atoms with van der Waals surface area (Å²) in [6.45, 7) is 1.96. The van der Waals surface area contributed by atoms with Crippen molar-refractivity contribution in [3.63, 3.8) is 0 Å². The Morgan fingerprint density at radius 1 is 1.14 bits per heavy atom. The summed E-state index contributed by atoms with van der Waals surface area (Å²) in [5, 5.41) is 18.8. The monoisotopic (exact) mass is 288 g/mol. The first-order valence-corrected chi connectivity index (χ1v) is 6.34. The van der Waals surface area contributed by atoms with E-state index in [1.807, 2.05) is 19.1 Å². The summed E-state index contributed by atoms with van der Waals surface area (Å²) >= 11 is 0. The molecule has 0 saturated carbocycles. The highest BCUT2D eigenvalue weighted by Gasteiger charge is 2.14. The molecular weight excluding hydrogens is 272 g/mol. The summed E-state index contributed by atoms with van der Waals surface area (Å²) in [5.41, 5.74) is 1.76. The molecule has 0 saturated heterocycles. The van der Waals surface area contributed by atoms with Crippen LogP contribution in [0.4, 0.5) is 0 Å². The number of methoxy groups -OCH3 is 1. The van der Waals surface area contributed by atoms with E-state index in [1.165, 1.54) is 12.1 Å². The topological polar surface area (TPSA) is 76.0 Å². The molecule has 0 amide bonds. The molecule has 0 spiro atoms. The second-order valence-electron chi connectivity index (χ2n) is 4.59. The zero-order valence-corrected chi connectivity index (χ0v) is 11.8. The molecule has 5 heteroatoms. The Hall–Kier alpha value is -2.69. The molecule has 0 bridgehead atoms. The van der Waals surface area contributed by atoms with Gasteiger partial charge in [-0.05, 0) is 31.2 Å². The minimum Gasteiger partial charge on any atom is -0.508 e. The Morgan fingerprint density at radius 3 is 2.57 bits per heavy atom. The van der Waals surface area contributed by atoms with Gasteiger partial charge < -0.3 is 19.7 Å². The van der Waals surface area contributed by atoms with Gasteiger partial charge in [-0.2, -0.15) is 0 Å². The standard InChI is InChI=1S/C16H16O5/c1-10-3-6-15(20-2)11(7-10)9-21-16(19)13-5-4-12(17)8-14(13)18/h3-8,17-18H,9H2,1-2H3. The first-order valence-electron chi connectivity index (χ1n) is 6.34. The number of rotatable bonds is 4. The Kier molecular flexibility index (Phi) is 4.33. The summed E-state index contributed by atoms with van der Waals surface area (Å²) < 4.78 is 10.4. The van der Waals surface area contributed by atoms with Crippen molar-refractivity contribution < 1.29 is 24.5 Å². The second kappa shape index (κ2) is 6.17. The van der Waals surface area contributed by atoms with Crippen molar-refractivity contribution in [3.05, 3.63) is 53.1 Å². The van der Waals surface area contributed by atoms with E-state index in [-0.39, 0.29) is 23.7 Å². The van der Waals surface area contributed by atoms with E-state index in [0.717, 1.165) is 17.2 Å². The molecule has 110 valence electrons. The molecule has 0 heterocycles. The molecule has 2 N–H and O–H groups in total. The Balaban J connectivity index is 2.12. The van der Waals surface area contributed by atoms with Gasteiger partial charge in [-0.15, -0.1) is 0 Å². The average molecular weight is 288 g/mol. The quantitative estimate of drug-likeness (QED) is 0.846. The molecule has 21 heavy (non-hydrogen) atoms. The molecule has 0 aliphatic rings. The van der Waals surface area contributed by atoms with Crippen LogP contribution < -0.4 is 4.74 Å². The normalized spacial score (nSPS) is 10.2. The fraction of sp³-hybridized carbons (Fsp3) is 0.188. The van der Waals surface area contributed by atoms with Crippen LogP contribution in [-0.2, 0) is 11.3 Å². The number of hydrogen-bond donors (Lipinski definition) is 2. The van der Waals surface area contributed by atoms with Crippen LogP contribution >= 0.6 is 0 Å². The van der Waals surface area contributed by atoms with Crippen molar-refractivity contribution in [2.75, 3.05) is 7.11 Å². The number of carbonyl (C=O) groups is 1. The fourth-order valence-electron chi connectivity index (χ4n) is 1.93. The summed E-state index contributed by atoms with van der Waals surface area (Å²) in [6.07, 6.45) is 0. The van der Waals surface area contributed by atoms with Crippen LogP contribution in [0.25, 0.3) is 0 Å². The van der Waals surface area contributed by atoms with Crippen LogP contribution in [0, 0.1) is 6.92 Å². The zero-order chi connectivity index (χ0) is 15.4. The molecule has 0 aliphatic carbocycles. The van der Waals surface area contributed by atoms with Crippen LogP contribution in [0.5, 0.6) is 17.2 Å². The SMILES string of the molecule is COc1ccc(C)cc1COC(=O)c1ccc(O)cc1O. The highest BCUT2D eigenvalue weighted by Crippen LogP contribution is 2.25. The summed E-state index contributed by atoms with van der Waals surface area (Å²) in [7, 11) is 1.54. The second-order valence-corrected chi connectivity index (χ2v) is 4.59. The maximum Gasteiger partial charge on any atom is 0.342 e. The summed E-state index contributed by atoms with van der Waals surface area (Å²) in [4.78, 5) is 11.9. The molecule has 0 atom stereocenters. The van der Waals surface area contributed by atoms with E-state index < -0.39 is 5.97 Å². The lowest BCUT2D eigenvalue weighted by atomic mass is 10.1. The van der Waals surface area contributed by atoms with Gasteiger partial charge in [-0.1, -0.05) is 11.6 Å². The minimum atomic E-state index is -0.670. The maximum absolute atomic E-state index is 11.9. The van der Waals surface area contributed by atoms with Crippen LogP contribution in [0.3, 0.4) is 0 Å². The molecule has 2 aromatic rings. The van der Waals surface area contributed by atoms with Crippen molar-refractivity contribution in [3.8, 4) is 17.2 Å². The van der Waals surface area contributed by atoms with Gasteiger partial charge >= 0.3 is 5.97 Å². The van der Waals surface area contributed by atoms with Crippen molar-refractivity contribution >= 4 is 5.97 Å². The molecule has 0 aliphatic heterocycles. The fourth-order valence-corrected chi connectivity index (χ4v) is 1.93. The third-order valence-corrected chi connectivity index (χ3v) is 3.00. The molecule has 0 aromatic heterocycles. The molecule has 5 nitrogen and oxygen atoms in total. The number of phenols is 2. The van der Waals surface area contributed by atoms with E-state index in [2.05, 4.69) is 0 Å².